The molecule has 220 valence electrons. The molecule has 12 heteroatoms. The van der Waals surface area contributed by atoms with Gasteiger partial charge in [0.1, 0.15) is 17.7 Å². The van der Waals surface area contributed by atoms with Gasteiger partial charge in [0, 0.05) is 48.1 Å². The third kappa shape index (κ3) is 8.40. The molecule has 1 aliphatic rings. The van der Waals surface area contributed by atoms with Crippen molar-refractivity contribution in [2.24, 2.45) is 5.73 Å². The molecule has 0 saturated heterocycles. The van der Waals surface area contributed by atoms with Gasteiger partial charge in [-0.3, -0.25) is 10.1 Å². The average Bonchev–Trinajstić information content (AvgIpc) is 3.55. The van der Waals surface area contributed by atoms with E-state index >= 15 is 0 Å². The maximum atomic E-state index is 12.4. The van der Waals surface area contributed by atoms with Crippen LogP contribution >= 0.6 is 0 Å². The van der Waals surface area contributed by atoms with Gasteiger partial charge in [0.25, 0.3) is 5.69 Å². The van der Waals surface area contributed by atoms with Gasteiger partial charge in [0.05, 0.1) is 25.5 Å². The Labute approximate surface area is 242 Å². The van der Waals surface area contributed by atoms with E-state index in [1.807, 2.05) is 38.4 Å². The highest BCUT2D eigenvalue weighted by atomic mass is 16.7. The molecule has 0 radical (unpaired) electrons. The summed E-state index contributed by atoms with van der Waals surface area (Å²) >= 11 is 0. The van der Waals surface area contributed by atoms with Gasteiger partial charge in [-0.2, -0.15) is 5.10 Å². The van der Waals surface area contributed by atoms with Crippen molar-refractivity contribution in [3.63, 3.8) is 0 Å². The van der Waals surface area contributed by atoms with E-state index in [4.69, 9.17) is 27.8 Å². The Morgan fingerprint density at radius 3 is 2.71 bits per heavy atom. The summed E-state index contributed by atoms with van der Waals surface area (Å²) < 4.78 is 34.4. The maximum absolute atomic E-state index is 12.4. The van der Waals surface area contributed by atoms with Crippen molar-refractivity contribution in [2.45, 2.75) is 83.4 Å². The zero-order valence-electron chi connectivity index (χ0n) is 25.7. The molecule has 0 unspecified atom stereocenters. The first-order valence-corrected chi connectivity index (χ1v) is 13.6. The Kier molecular flexibility index (Phi) is 8.55. The molecular weight excluding hydrogens is 528 g/mol. The first kappa shape index (κ1) is 27.0. The summed E-state index contributed by atoms with van der Waals surface area (Å²) in [5, 5.41) is 19.1. The van der Waals surface area contributed by atoms with E-state index in [1.165, 1.54) is 24.3 Å². The van der Waals surface area contributed by atoms with Gasteiger partial charge in [0.2, 0.25) is 5.88 Å². The molecule has 0 bridgehead atoms. The summed E-state index contributed by atoms with van der Waals surface area (Å²) in [4.78, 5) is 26.8. The lowest BCUT2D eigenvalue weighted by Crippen LogP contribution is -2.24. The Hall–Kier alpha value is -4.19. The molecule has 3 aromatic rings. The summed E-state index contributed by atoms with van der Waals surface area (Å²) in [5.41, 5.74) is 6.82. The number of hydrogen-bond acceptors (Lipinski definition) is 10. The van der Waals surface area contributed by atoms with E-state index in [9.17, 15) is 14.9 Å². The van der Waals surface area contributed by atoms with Crippen molar-refractivity contribution in [2.75, 3.05) is 11.9 Å². The Morgan fingerprint density at radius 1 is 1.27 bits per heavy atom. The highest BCUT2D eigenvalue weighted by Gasteiger charge is 2.32. The monoisotopic (exact) mass is 568 g/mol. The van der Waals surface area contributed by atoms with E-state index in [2.05, 4.69) is 10.3 Å². The third-order valence-electron chi connectivity index (χ3n) is 6.56. The van der Waals surface area contributed by atoms with Crippen LogP contribution in [0.4, 0.5) is 22.0 Å². The molecule has 1 saturated carbocycles. The smallest absolute Gasteiger partial charge is 0.478 e. The molecule has 3 atom stereocenters. The van der Waals surface area contributed by atoms with Crippen molar-refractivity contribution in [3.8, 4) is 11.6 Å². The number of nitro benzene ring substituents is 1. The second-order valence-corrected chi connectivity index (χ2v) is 11.2. The normalized spacial score (nSPS) is 18.7. The minimum Gasteiger partial charge on any atom is -0.478 e. The summed E-state index contributed by atoms with van der Waals surface area (Å²) in [6.07, 6.45) is 2.92. The third-order valence-corrected chi connectivity index (χ3v) is 6.56. The van der Waals surface area contributed by atoms with E-state index in [-0.39, 0.29) is 47.3 Å². The van der Waals surface area contributed by atoms with Crippen LogP contribution < -0.4 is 20.5 Å². The number of ether oxygens (including phenoxy) is 3. The SMILES string of the molecule is [2H]C([2H])(CC[C@H](C)N)Oc1cc(Nc2cc([C@H]3CC[C@@H](OC(=O)Oc4ccc([N+](=O)[O-])cc4)C3)nn2C(C)(C)C)ccn1. The molecule has 2 aromatic heterocycles. The molecule has 3 N–H and O–H groups in total. The summed E-state index contributed by atoms with van der Waals surface area (Å²) in [5.74, 6) is 1.10. The number of aromatic nitrogens is 3. The minimum atomic E-state index is -1.91. The van der Waals surface area contributed by atoms with E-state index in [0.29, 0.717) is 24.9 Å². The number of carbonyl (C=O) groups excluding carboxylic acids is 1. The van der Waals surface area contributed by atoms with Gasteiger partial charge in [0.15, 0.2) is 0 Å². The topological polar surface area (TPSA) is 157 Å². The van der Waals surface area contributed by atoms with Crippen molar-refractivity contribution < 1.29 is 26.7 Å². The largest absolute Gasteiger partial charge is 0.514 e. The Balaban J connectivity index is 1.41. The van der Waals surface area contributed by atoms with Crippen molar-refractivity contribution in [3.05, 3.63) is 64.5 Å². The molecule has 0 amide bonds. The quantitative estimate of drug-likeness (QED) is 0.121. The molecule has 2 heterocycles. The molecule has 41 heavy (non-hydrogen) atoms. The van der Waals surface area contributed by atoms with E-state index in [0.717, 1.165) is 17.9 Å². The summed E-state index contributed by atoms with van der Waals surface area (Å²) in [7, 11) is 0. The van der Waals surface area contributed by atoms with Gasteiger partial charge in [-0.05, 0) is 78.0 Å². The fourth-order valence-electron chi connectivity index (χ4n) is 4.51. The summed E-state index contributed by atoms with van der Waals surface area (Å²) in [6.45, 7) is 6.03. The lowest BCUT2D eigenvalue weighted by atomic mass is 10.0. The van der Waals surface area contributed by atoms with Gasteiger partial charge in [-0.1, -0.05) is 0 Å². The lowest BCUT2D eigenvalue weighted by Gasteiger charge is -2.23. The highest BCUT2D eigenvalue weighted by molar-refractivity contribution is 5.64. The maximum Gasteiger partial charge on any atom is 0.514 e. The molecule has 1 aliphatic carbocycles. The van der Waals surface area contributed by atoms with E-state index in [1.54, 1.807) is 18.3 Å². The lowest BCUT2D eigenvalue weighted by molar-refractivity contribution is -0.384. The fraction of sp³-hybridized carbons (Fsp3) is 0.483. The zero-order valence-corrected chi connectivity index (χ0v) is 23.7. The van der Waals surface area contributed by atoms with Crippen LogP contribution in [0.15, 0.2) is 48.7 Å². The van der Waals surface area contributed by atoms with Crippen LogP contribution in [0.2, 0.25) is 0 Å². The number of nitrogens with zero attached hydrogens (tertiary/aromatic N) is 4. The number of anilines is 2. The first-order valence-electron chi connectivity index (χ1n) is 14.6. The number of non-ortho nitro benzene ring substituents is 1. The fourth-order valence-corrected chi connectivity index (χ4v) is 4.51. The number of nitrogens with one attached hydrogen (secondary N) is 1. The first-order chi connectivity index (χ1) is 20.2. The van der Waals surface area contributed by atoms with Gasteiger partial charge in [-0.25, -0.2) is 14.5 Å². The van der Waals surface area contributed by atoms with Crippen LogP contribution in [-0.4, -0.2) is 44.5 Å². The zero-order chi connectivity index (χ0) is 31.4. The number of benzene rings is 1. The highest BCUT2D eigenvalue weighted by Crippen LogP contribution is 2.38. The number of nitrogens with two attached hydrogens (primary N) is 1. The molecule has 4 rings (SSSR count). The van der Waals surface area contributed by atoms with Gasteiger partial charge in [-0.15, -0.1) is 0 Å². The van der Waals surface area contributed by atoms with Crippen molar-refractivity contribution in [1.82, 2.24) is 14.8 Å². The molecular formula is C29H38N6O6. The van der Waals surface area contributed by atoms with Crippen LogP contribution in [0.25, 0.3) is 0 Å². The van der Waals surface area contributed by atoms with Crippen LogP contribution in [0.1, 0.15) is 74.2 Å². The summed E-state index contributed by atoms with van der Waals surface area (Å²) in [6, 6.07) is 10.4. The molecule has 1 aromatic carbocycles. The van der Waals surface area contributed by atoms with Crippen LogP contribution in [0.5, 0.6) is 11.6 Å². The van der Waals surface area contributed by atoms with Crippen LogP contribution in [0, 0.1) is 10.1 Å². The van der Waals surface area contributed by atoms with Crippen molar-refractivity contribution >= 4 is 23.3 Å². The van der Waals surface area contributed by atoms with Crippen LogP contribution in [-0.2, 0) is 10.3 Å². The van der Waals surface area contributed by atoms with Gasteiger partial charge < -0.3 is 25.3 Å². The number of hydrogen-bond donors (Lipinski definition) is 2. The number of pyridine rings is 1. The Bertz CT molecular complexity index is 1420. The predicted octanol–water partition coefficient (Wildman–Crippen LogP) is 6.04. The second kappa shape index (κ2) is 13.0. The molecule has 0 spiro atoms. The molecule has 12 nitrogen and oxygen atoms in total. The van der Waals surface area contributed by atoms with E-state index < -0.39 is 17.6 Å². The molecule has 0 aliphatic heterocycles. The standard InChI is InChI=1S/C29H38N6O6/c1-19(30)6-5-15-39-27-17-21(13-14-31-27)32-26-18-25(33-34(26)29(2,3)4)20-7-10-24(16-20)41-28(36)40-23-11-8-22(9-12-23)35(37)38/h8-9,11-14,17-20,24H,5-7,10,15-16,30H2,1-4H3,(H,31,32)/t19-,20-,24+/m0/s1/i15D2. The minimum absolute atomic E-state index is 0.0508. The Morgan fingerprint density at radius 2 is 2.02 bits per heavy atom. The number of nitro groups is 1. The second-order valence-electron chi connectivity index (χ2n) is 11.2. The van der Waals surface area contributed by atoms with Crippen LogP contribution in [0.3, 0.4) is 0 Å². The van der Waals surface area contributed by atoms with Gasteiger partial charge >= 0.3 is 6.16 Å². The number of rotatable bonds is 11. The number of carbonyl (C=O) groups is 1. The average molecular weight is 569 g/mol. The molecule has 1 fully saturated rings. The predicted molar refractivity (Wildman–Crippen MR) is 154 cm³/mol. The van der Waals surface area contributed by atoms with Crippen molar-refractivity contribution in [1.29, 1.82) is 0 Å².